The largest absolute Gasteiger partial charge is 0.0616 e. The lowest BCUT2D eigenvalue weighted by Crippen LogP contribution is -1.85. The SMILES string of the molecule is c1ccc2c(c1)cc1c3c(cccc32)-c2c-1ccc1c2ccc2c1ccc1c3ccccc3ccc12. The van der Waals surface area contributed by atoms with Gasteiger partial charge in [-0.25, -0.2) is 0 Å². The zero-order valence-corrected chi connectivity index (χ0v) is 19.5. The van der Waals surface area contributed by atoms with E-state index in [1.165, 1.54) is 86.9 Å². The lowest BCUT2D eigenvalue weighted by Gasteiger charge is -2.13. The van der Waals surface area contributed by atoms with Gasteiger partial charge in [0.15, 0.2) is 0 Å². The third kappa shape index (κ3) is 2.20. The van der Waals surface area contributed by atoms with E-state index < -0.39 is 0 Å². The smallest absolute Gasteiger partial charge is 0.00197 e. The van der Waals surface area contributed by atoms with Crippen molar-refractivity contribution in [2.24, 2.45) is 0 Å². The maximum absolute atomic E-state index is 2.39. The summed E-state index contributed by atoms with van der Waals surface area (Å²) in [7, 11) is 0. The van der Waals surface area contributed by atoms with E-state index in [9.17, 15) is 0 Å². The van der Waals surface area contributed by atoms with Crippen LogP contribution in [-0.2, 0) is 0 Å². The maximum Gasteiger partial charge on any atom is -0.00197 e. The van der Waals surface area contributed by atoms with E-state index >= 15 is 0 Å². The van der Waals surface area contributed by atoms with Gasteiger partial charge in [-0.1, -0.05) is 115 Å². The first-order chi connectivity index (χ1) is 17.9. The van der Waals surface area contributed by atoms with Crippen LogP contribution >= 0.6 is 0 Å². The number of benzene rings is 8. The second-order valence-electron chi connectivity index (χ2n) is 10.1. The van der Waals surface area contributed by atoms with Crippen molar-refractivity contribution in [1.82, 2.24) is 0 Å². The first-order valence-corrected chi connectivity index (χ1v) is 12.6. The summed E-state index contributed by atoms with van der Waals surface area (Å²) in [5.74, 6) is 0. The molecule has 0 unspecified atom stereocenters. The van der Waals surface area contributed by atoms with Crippen molar-refractivity contribution < 1.29 is 0 Å². The molecule has 8 aromatic rings. The number of rotatable bonds is 0. The van der Waals surface area contributed by atoms with Crippen LogP contribution in [-0.4, -0.2) is 0 Å². The first kappa shape index (κ1) is 18.6. The Morgan fingerprint density at radius 1 is 0.278 bits per heavy atom. The highest BCUT2D eigenvalue weighted by Crippen LogP contribution is 2.52. The molecule has 0 fully saturated rings. The number of fused-ring (bicyclic) bond motifs is 13. The molecule has 0 aliphatic heterocycles. The monoisotopic (exact) mass is 452 g/mol. The molecule has 0 spiro atoms. The highest BCUT2D eigenvalue weighted by atomic mass is 14.3. The van der Waals surface area contributed by atoms with Crippen LogP contribution in [0.2, 0.25) is 0 Å². The van der Waals surface area contributed by atoms with Crippen LogP contribution < -0.4 is 0 Å². The summed E-state index contributed by atoms with van der Waals surface area (Å²) in [6.45, 7) is 0. The molecule has 0 heteroatoms. The van der Waals surface area contributed by atoms with Gasteiger partial charge in [0.05, 0.1) is 0 Å². The Hall–Kier alpha value is -4.68. The van der Waals surface area contributed by atoms with E-state index in [2.05, 4.69) is 121 Å². The third-order valence-electron chi connectivity index (χ3n) is 8.36. The molecule has 8 aromatic carbocycles. The van der Waals surface area contributed by atoms with Gasteiger partial charge in [-0.3, -0.25) is 0 Å². The van der Waals surface area contributed by atoms with Gasteiger partial charge in [-0.2, -0.15) is 0 Å². The highest BCUT2D eigenvalue weighted by Gasteiger charge is 2.25. The zero-order valence-electron chi connectivity index (χ0n) is 19.5. The van der Waals surface area contributed by atoms with Crippen molar-refractivity contribution in [1.29, 1.82) is 0 Å². The predicted molar refractivity (Wildman–Crippen MR) is 156 cm³/mol. The molecule has 0 heterocycles. The Morgan fingerprint density at radius 3 is 1.64 bits per heavy atom. The maximum atomic E-state index is 2.39. The van der Waals surface area contributed by atoms with Crippen molar-refractivity contribution in [3.8, 4) is 22.3 Å². The van der Waals surface area contributed by atoms with Gasteiger partial charge in [0.25, 0.3) is 0 Å². The third-order valence-corrected chi connectivity index (χ3v) is 8.36. The van der Waals surface area contributed by atoms with Crippen LogP contribution in [0.25, 0.3) is 86.9 Å². The van der Waals surface area contributed by atoms with Crippen LogP contribution in [0.5, 0.6) is 0 Å². The Morgan fingerprint density at radius 2 is 0.833 bits per heavy atom. The lowest BCUT2D eigenvalue weighted by molar-refractivity contribution is 1.76. The first-order valence-electron chi connectivity index (χ1n) is 12.6. The van der Waals surface area contributed by atoms with Crippen molar-refractivity contribution >= 4 is 64.6 Å². The minimum absolute atomic E-state index is 1.29. The topological polar surface area (TPSA) is 0 Å². The van der Waals surface area contributed by atoms with E-state index in [0.29, 0.717) is 0 Å². The summed E-state index contributed by atoms with van der Waals surface area (Å²) in [6, 6.07) is 45.2. The fraction of sp³-hybridized carbons (Fsp3) is 0. The summed E-state index contributed by atoms with van der Waals surface area (Å²) < 4.78 is 0. The molecular weight excluding hydrogens is 432 g/mol. The van der Waals surface area contributed by atoms with Gasteiger partial charge in [0.1, 0.15) is 0 Å². The van der Waals surface area contributed by atoms with Crippen molar-refractivity contribution in [2.45, 2.75) is 0 Å². The number of hydrogen-bond donors (Lipinski definition) is 0. The molecular formula is C36H20. The standard InChI is InChI=1S/C36H20/c1-3-8-23-21(6-1)12-13-26-25(23)14-15-28-27(26)16-18-31-29(28)17-19-32-34-20-22-7-2-4-9-24(22)30-10-5-11-33(35(31)32)36(30)34/h1-20H. The molecule has 0 saturated heterocycles. The van der Waals surface area contributed by atoms with Crippen molar-refractivity contribution in [3.63, 3.8) is 0 Å². The van der Waals surface area contributed by atoms with E-state index in [1.54, 1.807) is 0 Å². The lowest BCUT2D eigenvalue weighted by atomic mass is 9.91. The van der Waals surface area contributed by atoms with Crippen molar-refractivity contribution in [3.05, 3.63) is 121 Å². The normalized spacial score (nSPS) is 12.4. The highest BCUT2D eigenvalue weighted by molar-refractivity contribution is 6.29. The average molecular weight is 453 g/mol. The summed E-state index contributed by atoms with van der Waals surface area (Å²) in [6.07, 6.45) is 0. The quantitative estimate of drug-likeness (QED) is 0.201. The Kier molecular flexibility index (Phi) is 3.36. The minimum atomic E-state index is 1.29. The molecule has 0 saturated carbocycles. The van der Waals surface area contributed by atoms with Crippen LogP contribution in [0.15, 0.2) is 121 Å². The van der Waals surface area contributed by atoms with Gasteiger partial charge in [-0.05, 0) is 93.0 Å². The number of hydrogen-bond acceptors (Lipinski definition) is 0. The predicted octanol–water partition coefficient (Wildman–Crippen LogP) is 10.3. The Bertz CT molecular complexity index is 2250. The van der Waals surface area contributed by atoms with Gasteiger partial charge in [0.2, 0.25) is 0 Å². The fourth-order valence-corrected chi connectivity index (χ4v) is 6.82. The van der Waals surface area contributed by atoms with E-state index in [0.717, 1.165) is 0 Å². The summed E-state index contributed by atoms with van der Waals surface area (Å²) in [5, 5.41) is 16.0. The van der Waals surface area contributed by atoms with E-state index in [4.69, 9.17) is 0 Å². The van der Waals surface area contributed by atoms with Crippen LogP contribution in [0, 0.1) is 0 Å². The van der Waals surface area contributed by atoms with Crippen LogP contribution in [0.3, 0.4) is 0 Å². The molecule has 36 heavy (non-hydrogen) atoms. The minimum Gasteiger partial charge on any atom is -0.0616 e. The molecule has 0 bridgehead atoms. The molecule has 0 N–H and O–H groups in total. The zero-order chi connectivity index (χ0) is 23.4. The molecule has 0 aromatic heterocycles. The second kappa shape index (κ2) is 6.50. The van der Waals surface area contributed by atoms with Crippen molar-refractivity contribution in [2.75, 3.05) is 0 Å². The van der Waals surface area contributed by atoms with Crippen LogP contribution in [0.1, 0.15) is 0 Å². The van der Waals surface area contributed by atoms with E-state index in [-0.39, 0.29) is 0 Å². The summed E-state index contributed by atoms with van der Waals surface area (Å²) >= 11 is 0. The average Bonchev–Trinajstić information content (AvgIpc) is 3.27. The molecule has 0 nitrogen and oxygen atoms in total. The van der Waals surface area contributed by atoms with Gasteiger partial charge >= 0.3 is 0 Å². The summed E-state index contributed by atoms with van der Waals surface area (Å²) in [5.41, 5.74) is 5.45. The molecule has 0 atom stereocenters. The fourth-order valence-electron chi connectivity index (χ4n) is 6.82. The molecule has 1 aliphatic rings. The van der Waals surface area contributed by atoms with E-state index in [1.807, 2.05) is 0 Å². The Balaban J connectivity index is 1.41. The molecule has 164 valence electrons. The summed E-state index contributed by atoms with van der Waals surface area (Å²) in [4.78, 5) is 0. The molecule has 1 aliphatic carbocycles. The molecule has 0 radical (unpaired) electrons. The van der Waals surface area contributed by atoms with Crippen LogP contribution in [0.4, 0.5) is 0 Å². The van der Waals surface area contributed by atoms with Gasteiger partial charge in [0, 0.05) is 0 Å². The second-order valence-corrected chi connectivity index (χ2v) is 10.1. The van der Waals surface area contributed by atoms with Gasteiger partial charge < -0.3 is 0 Å². The Labute approximate surface area is 208 Å². The molecule has 9 rings (SSSR count). The molecule has 0 amide bonds. The van der Waals surface area contributed by atoms with Gasteiger partial charge in [-0.15, -0.1) is 0 Å².